The first-order valence-electron chi connectivity index (χ1n) is 8.63. The van der Waals surface area contributed by atoms with Crippen LogP contribution in [0.15, 0.2) is 40.9 Å². The molecule has 10 nitrogen and oxygen atoms in total. The van der Waals surface area contributed by atoms with Gasteiger partial charge in [0, 0.05) is 31.9 Å². The molecule has 1 fully saturated rings. The molecule has 1 aliphatic rings. The van der Waals surface area contributed by atoms with E-state index in [0.29, 0.717) is 12.4 Å². The number of carbonyl (C=O) groups is 2. The summed E-state index contributed by atoms with van der Waals surface area (Å²) in [5.74, 6) is -0.229. The minimum absolute atomic E-state index is 0.0138. The largest absolute Gasteiger partial charge is 0.479 e. The Kier molecular flexibility index (Phi) is 4.52. The Balaban J connectivity index is 1.46. The van der Waals surface area contributed by atoms with E-state index in [2.05, 4.69) is 20.6 Å². The van der Waals surface area contributed by atoms with Gasteiger partial charge in [0.05, 0.1) is 13.0 Å². The summed E-state index contributed by atoms with van der Waals surface area (Å²) in [5, 5.41) is 14.4. The van der Waals surface area contributed by atoms with Crippen molar-refractivity contribution >= 4 is 23.5 Å². The van der Waals surface area contributed by atoms with Crippen LogP contribution in [-0.2, 0) is 11.8 Å². The van der Waals surface area contributed by atoms with Crippen molar-refractivity contribution in [3.63, 3.8) is 0 Å². The Morgan fingerprint density at radius 2 is 2.07 bits per heavy atom. The number of aryl methyl sites for hydroxylation is 1. The van der Waals surface area contributed by atoms with Crippen molar-refractivity contribution in [1.82, 2.24) is 20.0 Å². The van der Waals surface area contributed by atoms with Crippen LogP contribution in [0.1, 0.15) is 28.6 Å². The topological polar surface area (TPSA) is 115 Å². The fourth-order valence-corrected chi connectivity index (χ4v) is 3.12. The number of amides is 2. The molecule has 1 atom stereocenters. The highest BCUT2D eigenvalue weighted by molar-refractivity contribution is 6.04. The number of anilines is 2. The molecular weight excluding hydrogens is 364 g/mol. The van der Waals surface area contributed by atoms with E-state index >= 15 is 0 Å². The zero-order valence-corrected chi connectivity index (χ0v) is 15.3. The zero-order valence-electron chi connectivity index (χ0n) is 15.3. The van der Waals surface area contributed by atoms with Crippen molar-refractivity contribution in [3.05, 3.63) is 48.0 Å². The van der Waals surface area contributed by atoms with Gasteiger partial charge in [-0.2, -0.15) is 0 Å². The summed E-state index contributed by atoms with van der Waals surface area (Å²) in [5.41, 5.74) is 1.07. The van der Waals surface area contributed by atoms with E-state index in [9.17, 15) is 9.59 Å². The molecule has 2 aromatic heterocycles. The number of nitrogens with zero attached hydrogens (tertiary/aromatic N) is 5. The summed E-state index contributed by atoms with van der Waals surface area (Å²) in [6, 6.07) is 9.36. The molecule has 4 rings (SSSR count). The Labute approximate surface area is 160 Å². The van der Waals surface area contributed by atoms with Crippen LogP contribution < -0.4 is 15.0 Å². The molecule has 2 amide bonds. The second-order valence-electron chi connectivity index (χ2n) is 6.37. The Bertz CT molecular complexity index is 1010. The fraction of sp³-hybridized carbons (Fsp3) is 0.278. The molecule has 1 saturated heterocycles. The van der Waals surface area contributed by atoms with Gasteiger partial charge in [-0.05, 0) is 12.1 Å². The van der Waals surface area contributed by atoms with Gasteiger partial charge in [-0.15, -0.1) is 10.2 Å². The third-order valence-electron chi connectivity index (χ3n) is 4.44. The molecular formula is C18H18N6O4. The summed E-state index contributed by atoms with van der Waals surface area (Å²) in [4.78, 5) is 26.4. The van der Waals surface area contributed by atoms with E-state index in [4.69, 9.17) is 9.15 Å². The molecule has 0 saturated carbocycles. The first-order valence-corrected chi connectivity index (χ1v) is 8.63. The number of methoxy groups -OCH3 is 1. The average molecular weight is 382 g/mol. The SMILES string of the molecule is COc1nn(C)cc1C(=O)Nc1nnc([C@@H]2CC(=O)N(c3ccccc3)C2)o1. The van der Waals surface area contributed by atoms with Crippen LogP contribution in [0.3, 0.4) is 0 Å². The summed E-state index contributed by atoms with van der Waals surface area (Å²) in [7, 11) is 3.11. The molecule has 0 aliphatic carbocycles. The van der Waals surface area contributed by atoms with Crippen LogP contribution in [0.5, 0.6) is 5.88 Å². The molecule has 3 heterocycles. The molecule has 1 aromatic carbocycles. The summed E-state index contributed by atoms with van der Waals surface area (Å²) in [6.07, 6.45) is 1.79. The number of hydrogen-bond acceptors (Lipinski definition) is 7. The van der Waals surface area contributed by atoms with Gasteiger partial charge in [-0.3, -0.25) is 19.6 Å². The molecule has 144 valence electrons. The molecule has 1 N–H and O–H groups in total. The highest BCUT2D eigenvalue weighted by atomic mass is 16.5. The second kappa shape index (κ2) is 7.14. The highest BCUT2D eigenvalue weighted by Gasteiger charge is 2.35. The molecule has 28 heavy (non-hydrogen) atoms. The maximum atomic E-state index is 12.4. The molecule has 0 unspecified atom stereocenters. The molecule has 1 aliphatic heterocycles. The van der Waals surface area contributed by atoms with Gasteiger partial charge < -0.3 is 14.1 Å². The number of para-hydroxylation sites is 1. The average Bonchev–Trinajstić information content (AvgIpc) is 3.40. The van der Waals surface area contributed by atoms with Crippen molar-refractivity contribution in [1.29, 1.82) is 0 Å². The van der Waals surface area contributed by atoms with Crippen LogP contribution in [0.2, 0.25) is 0 Å². The van der Waals surface area contributed by atoms with E-state index in [1.54, 1.807) is 11.9 Å². The van der Waals surface area contributed by atoms with Crippen LogP contribution in [0.4, 0.5) is 11.7 Å². The lowest BCUT2D eigenvalue weighted by Crippen LogP contribution is -2.24. The van der Waals surface area contributed by atoms with Crippen molar-refractivity contribution in [2.75, 3.05) is 23.9 Å². The number of hydrogen-bond donors (Lipinski definition) is 1. The van der Waals surface area contributed by atoms with E-state index < -0.39 is 5.91 Å². The minimum atomic E-state index is -0.478. The number of nitrogens with one attached hydrogen (secondary N) is 1. The maximum Gasteiger partial charge on any atom is 0.322 e. The number of carbonyl (C=O) groups excluding carboxylic acids is 2. The molecule has 0 spiro atoms. The Hall–Kier alpha value is -3.69. The fourth-order valence-electron chi connectivity index (χ4n) is 3.12. The smallest absolute Gasteiger partial charge is 0.322 e. The van der Waals surface area contributed by atoms with Crippen molar-refractivity contribution in [2.45, 2.75) is 12.3 Å². The predicted octanol–water partition coefficient (Wildman–Crippen LogP) is 1.58. The number of rotatable bonds is 5. The van der Waals surface area contributed by atoms with Crippen LogP contribution in [-0.4, -0.2) is 45.4 Å². The van der Waals surface area contributed by atoms with Crippen LogP contribution >= 0.6 is 0 Å². The summed E-state index contributed by atoms with van der Waals surface area (Å²) < 4.78 is 12.1. The highest BCUT2D eigenvalue weighted by Crippen LogP contribution is 2.31. The van der Waals surface area contributed by atoms with E-state index in [1.165, 1.54) is 18.0 Å². The second-order valence-corrected chi connectivity index (χ2v) is 6.37. The van der Waals surface area contributed by atoms with Crippen LogP contribution in [0, 0.1) is 0 Å². The van der Waals surface area contributed by atoms with Gasteiger partial charge in [-0.25, -0.2) is 0 Å². The third kappa shape index (κ3) is 3.31. The lowest BCUT2D eigenvalue weighted by molar-refractivity contribution is -0.117. The quantitative estimate of drug-likeness (QED) is 0.712. The van der Waals surface area contributed by atoms with Gasteiger partial charge >= 0.3 is 6.01 Å². The Morgan fingerprint density at radius 1 is 1.29 bits per heavy atom. The van der Waals surface area contributed by atoms with Gasteiger partial charge in [0.2, 0.25) is 17.7 Å². The van der Waals surface area contributed by atoms with Gasteiger partial charge in [-0.1, -0.05) is 23.3 Å². The van der Waals surface area contributed by atoms with Crippen LogP contribution in [0.25, 0.3) is 0 Å². The van der Waals surface area contributed by atoms with Gasteiger partial charge in [0.15, 0.2) is 0 Å². The normalized spacial score (nSPS) is 16.4. The molecule has 0 radical (unpaired) electrons. The summed E-state index contributed by atoms with van der Waals surface area (Å²) >= 11 is 0. The monoisotopic (exact) mass is 382 g/mol. The molecule has 10 heteroatoms. The zero-order chi connectivity index (χ0) is 19.7. The first kappa shape index (κ1) is 17.7. The lowest BCUT2D eigenvalue weighted by atomic mass is 10.1. The minimum Gasteiger partial charge on any atom is -0.479 e. The third-order valence-corrected chi connectivity index (χ3v) is 4.44. The summed E-state index contributed by atoms with van der Waals surface area (Å²) in [6.45, 7) is 0.439. The lowest BCUT2D eigenvalue weighted by Gasteiger charge is -2.15. The standard InChI is InChI=1S/C18H18N6O4/c1-23-10-13(17(22-23)27-2)15(26)19-18-21-20-16(28-18)11-8-14(25)24(9-11)12-6-4-3-5-7-12/h3-7,10-11H,8-9H2,1-2H3,(H,19,21,26)/t11-/m1/s1. The first-order chi connectivity index (χ1) is 13.5. The van der Waals surface area contributed by atoms with E-state index in [0.717, 1.165) is 5.69 Å². The van der Waals surface area contributed by atoms with E-state index in [1.807, 2.05) is 30.3 Å². The van der Waals surface area contributed by atoms with Gasteiger partial charge in [0.25, 0.3) is 5.91 Å². The van der Waals surface area contributed by atoms with E-state index in [-0.39, 0.29) is 35.7 Å². The number of aromatic nitrogens is 4. The van der Waals surface area contributed by atoms with Crippen molar-refractivity contribution in [3.8, 4) is 5.88 Å². The molecule has 0 bridgehead atoms. The van der Waals surface area contributed by atoms with Crippen molar-refractivity contribution < 1.29 is 18.7 Å². The predicted molar refractivity (Wildman–Crippen MR) is 98.2 cm³/mol. The van der Waals surface area contributed by atoms with Gasteiger partial charge in [0.1, 0.15) is 5.56 Å². The maximum absolute atomic E-state index is 12.4. The Morgan fingerprint density at radius 3 is 2.82 bits per heavy atom. The molecule has 3 aromatic rings. The van der Waals surface area contributed by atoms with Crippen molar-refractivity contribution in [2.24, 2.45) is 7.05 Å². The number of ether oxygens (including phenoxy) is 1. The number of benzene rings is 1.